The Morgan fingerprint density at radius 3 is 3.00 bits per heavy atom. The molecule has 3 nitrogen and oxygen atoms in total. The summed E-state index contributed by atoms with van der Waals surface area (Å²) in [6, 6.07) is 3.82. The highest BCUT2D eigenvalue weighted by atomic mass is 35.5. The molecule has 0 atom stereocenters. The van der Waals surface area contributed by atoms with Crippen LogP contribution >= 0.6 is 11.6 Å². The van der Waals surface area contributed by atoms with Crippen molar-refractivity contribution in [2.24, 2.45) is 0 Å². The molecule has 0 saturated heterocycles. The number of hydrogen-bond acceptors (Lipinski definition) is 2. The van der Waals surface area contributed by atoms with Gasteiger partial charge in [0.05, 0.1) is 6.20 Å². The van der Waals surface area contributed by atoms with E-state index in [-0.39, 0.29) is 0 Å². The number of halogens is 1. The van der Waals surface area contributed by atoms with Crippen LogP contribution in [0.4, 0.5) is 0 Å². The van der Waals surface area contributed by atoms with Gasteiger partial charge in [0.25, 0.3) is 0 Å². The molecule has 0 aliphatic heterocycles. The molecule has 2 heterocycles. The van der Waals surface area contributed by atoms with Crippen molar-refractivity contribution in [1.29, 1.82) is 0 Å². The number of hydrogen-bond donors (Lipinski definition) is 0. The average molecular weight is 208 g/mol. The molecule has 1 aliphatic rings. The second kappa shape index (κ2) is 2.95. The van der Waals surface area contributed by atoms with Crippen molar-refractivity contribution in [2.45, 2.75) is 25.2 Å². The summed E-state index contributed by atoms with van der Waals surface area (Å²) in [5.74, 6) is 0.618. The van der Waals surface area contributed by atoms with Crippen LogP contribution in [0.25, 0.3) is 5.65 Å². The third kappa shape index (κ3) is 1.12. The van der Waals surface area contributed by atoms with Crippen molar-refractivity contribution >= 4 is 17.2 Å². The topological polar surface area (TPSA) is 30.2 Å². The van der Waals surface area contributed by atoms with Crippen LogP contribution in [-0.4, -0.2) is 14.6 Å². The van der Waals surface area contributed by atoms with E-state index < -0.39 is 0 Å². The highest BCUT2D eigenvalue weighted by molar-refractivity contribution is 6.29. The number of nitrogens with zero attached hydrogens (tertiary/aromatic N) is 3. The van der Waals surface area contributed by atoms with E-state index in [0.29, 0.717) is 11.1 Å². The van der Waals surface area contributed by atoms with E-state index >= 15 is 0 Å². The molecular formula is C10H10ClN3. The monoisotopic (exact) mass is 207 g/mol. The summed E-state index contributed by atoms with van der Waals surface area (Å²) >= 11 is 6.09. The van der Waals surface area contributed by atoms with Gasteiger partial charge in [-0.05, 0) is 18.9 Å². The van der Waals surface area contributed by atoms with Crippen molar-refractivity contribution in [1.82, 2.24) is 14.6 Å². The molecule has 2 aromatic heterocycles. The lowest BCUT2D eigenvalue weighted by atomic mass is 9.83. The van der Waals surface area contributed by atoms with Gasteiger partial charge < -0.3 is 0 Å². The molecule has 4 heteroatoms. The van der Waals surface area contributed by atoms with E-state index in [1.807, 2.05) is 12.1 Å². The predicted octanol–water partition coefficient (Wildman–Crippen LogP) is 2.65. The summed E-state index contributed by atoms with van der Waals surface area (Å²) in [7, 11) is 0. The van der Waals surface area contributed by atoms with E-state index in [1.165, 1.54) is 19.3 Å². The van der Waals surface area contributed by atoms with E-state index in [2.05, 4.69) is 10.1 Å². The Morgan fingerprint density at radius 2 is 2.29 bits per heavy atom. The van der Waals surface area contributed by atoms with Crippen LogP contribution in [0, 0.1) is 0 Å². The molecule has 0 bridgehead atoms. The van der Waals surface area contributed by atoms with Gasteiger partial charge in [-0.1, -0.05) is 18.0 Å². The van der Waals surface area contributed by atoms with Crippen LogP contribution in [0.3, 0.4) is 0 Å². The first-order valence-corrected chi connectivity index (χ1v) is 5.22. The molecular weight excluding hydrogens is 198 g/mol. The molecule has 0 radical (unpaired) electrons. The molecule has 1 saturated carbocycles. The molecule has 14 heavy (non-hydrogen) atoms. The van der Waals surface area contributed by atoms with Crippen LogP contribution in [-0.2, 0) is 0 Å². The fourth-order valence-electron chi connectivity index (χ4n) is 1.81. The summed E-state index contributed by atoms with van der Waals surface area (Å²) in [5, 5.41) is 4.74. The summed E-state index contributed by atoms with van der Waals surface area (Å²) < 4.78 is 1.66. The van der Waals surface area contributed by atoms with Gasteiger partial charge in [-0.3, -0.25) is 0 Å². The summed E-state index contributed by atoms with van der Waals surface area (Å²) in [6.07, 6.45) is 5.52. The van der Waals surface area contributed by atoms with Crippen LogP contribution < -0.4 is 0 Å². The van der Waals surface area contributed by atoms with Crippen LogP contribution in [0.5, 0.6) is 0 Å². The largest absolute Gasteiger partial charge is 0.233 e. The molecule has 2 aromatic rings. The van der Waals surface area contributed by atoms with Crippen LogP contribution in [0.1, 0.15) is 30.9 Å². The van der Waals surface area contributed by atoms with Crippen LogP contribution in [0.15, 0.2) is 18.3 Å². The smallest absolute Gasteiger partial charge is 0.156 e. The molecule has 72 valence electrons. The molecule has 0 amide bonds. The zero-order valence-corrected chi connectivity index (χ0v) is 8.41. The second-order valence-electron chi connectivity index (χ2n) is 3.73. The summed E-state index contributed by atoms with van der Waals surface area (Å²) in [5.41, 5.74) is 1.97. The maximum atomic E-state index is 6.09. The zero-order valence-electron chi connectivity index (χ0n) is 7.65. The highest BCUT2D eigenvalue weighted by Gasteiger charge is 2.21. The summed E-state index contributed by atoms with van der Waals surface area (Å²) in [4.78, 5) is 4.53. The lowest BCUT2D eigenvalue weighted by molar-refractivity contribution is 0.411. The third-order valence-electron chi connectivity index (χ3n) is 2.86. The number of rotatable bonds is 1. The predicted molar refractivity (Wildman–Crippen MR) is 54.6 cm³/mol. The normalized spacial score (nSPS) is 17.2. The van der Waals surface area contributed by atoms with Gasteiger partial charge in [-0.2, -0.15) is 5.10 Å². The Morgan fingerprint density at radius 1 is 1.43 bits per heavy atom. The van der Waals surface area contributed by atoms with Gasteiger partial charge >= 0.3 is 0 Å². The Hall–Kier alpha value is -1.09. The van der Waals surface area contributed by atoms with Gasteiger partial charge in [0.2, 0.25) is 0 Å². The van der Waals surface area contributed by atoms with Gasteiger partial charge in [0.15, 0.2) is 5.65 Å². The maximum absolute atomic E-state index is 6.09. The maximum Gasteiger partial charge on any atom is 0.156 e. The minimum absolute atomic E-state index is 0.618. The van der Waals surface area contributed by atoms with E-state index in [9.17, 15) is 0 Å². The van der Waals surface area contributed by atoms with Crippen molar-refractivity contribution in [3.8, 4) is 0 Å². The van der Waals surface area contributed by atoms with Crippen molar-refractivity contribution in [3.63, 3.8) is 0 Å². The Labute approximate surface area is 86.7 Å². The quantitative estimate of drug-likeness (QED) is 0.673. The van der Waals surface area contributed by atoms with Gasteiger partial charge in [0.1, 0.15) is 5.15 Å². The SMILES string of the molecule is Clc1cc(C2CCC2)nc2ccnn12. The van der Waals surface area contributed by atoms with E-state index in [4.69, 9.17) is 11.6 Å². The van der Waals surface area contributed by atoms with Crippen molar-refractivity contribution < 1.29 is 0 Å². The molecule has 0 aromatic carbocycles. The minimum atomic E-state index is 0.618. The van der Waals surface area contributed by atoms with Gasteiger partial charge in [-0.15, -0.1) is 0 Å². The van der Waals surface area contributed by atoms with Crippen molar-refractivity contribution in [3.05, 3.63) is 29.2 Å². The molecule has 0 N–H and O–H groups in total. The van der Waals surface area contributed by atoms with E-state index in [1.54, 1.807) is 10.7 Å². The Balaban J connectivity index is 2.16. The standard InChI is InChI=1S/C10H10ClN3/c11-9-6-8(7-2-1-3-7)13-10-4-5-12-14(9)10/h4-7H,1-3H2. The fourth-order valence-corrected chi connectivity index (χ4v) is 2.05. The minimum Gasteiger partial charge on any atom is -0.233 e. The van der Waals surface area contributed by atoms with Crippen LogP contribution in [0.2, 0.25) is 5.15 Å². The van der Waals surface area contributed by atoms with Gasteiger partial charge in [0, 0.05) is 17.7 Å². The summed E-state index contributed by atoms with van der Waals surface area (Å²) in [6.45, 7) is 0. The Kier molecular flexibility index (Phi) is 1.74. The first-order valence-electron chi connectivity index (χ1n) is 4.85. The first-order chi connectivity index (χ1) is 6.84. The average Bonchev–Trinajstić information content (AvgIpc) is 2.48. The van der Waals surface area contributed by atoms with Gasteiger partial charge in [-0.25, -0.2) is 9.50 Å². The second-order valence-corrected chi connectivity index (χ2v) is 4.12. The zero-order chi connectivity index (χ0) is 9.54. The molecule has 1 fully saturated rings. The molecule has 1 aliphatic carbocycles. The number of aromatic nitrogens is 3. The fraction of sp³-hybridized carbons (Fsp3) is 0.400. The highest BCUT2D eigenvalue weighted by Crippen LogP contribution is 2.36. The molecule has 0 unspecified atom stereocenters. The number of fused-ring (bicyclic) bond motifs is 1. The lowest BCUT2D eigenvalue weighted by Crippen LogP contribution is -2.11. The third-order valence-corrected chi connectivity index (χ3v) is 3.13. The van der Waals surface area contributed by atoms with E-state index in [0.717, 1.165) is 11.3 Å². The van der Waals surface area contributed by atoms with Crippen molar-refractivity contribution in [2.75, 3.05) is 0 Å². The molecule has 0 spiro atoms. The lowest BCUT2D eigenvalue weighted by Gasteiger charge is -2.24. The first kappa shape index (κ1) is 8.24. The Bertz CT molecular complexity index is 473. The molecule has 3 rings (SSSR count).